The molecule has 64 valence electrons. The van der Waals surface area contributed by atoms with Gasteiger partial charge in [-0.25, -0.2) is 4.98 Å². The molecule has 0 spiro atoms. The molecule has 13 heavy (non-hydrogen) atoms. The Labute approximate surface area is 81.7 Å². The number of rotatable bonds is 1. The minimum atomic E-state index is 0.527. The van der Waals surface area contributed by atoms with Gasteiger partial charge in [0.05, 0.1) is 5.52 Å². The molecule has 0 unspecified atom stereocenters. The normalized spacial score (nSPS) is 10.2. The van der Waals surface area contributed by atoms with E-state index in [1.54, 1.807) is 6.07 Å². The molecular formula is C11H8ClN. The molecule has 0 saturated heterocycles. The molecule has 2 heteroatoms. The van der Waals surface area contributed by atoms with Crippen molar-refractivity contribution in [3.8, 4) is 0 Å². The Bertz CT molecular complexity index is 463. The number of nitrogens with zero attached hydrogens (tertiary/aromatic N) is 1. The summed E-state index contributed by atoms with van der Waals surface area (Å²) in [6.45, 7) is 3.71. The molecule has 0 aliphatic carbocycles. The number of hydrogen-bond acceptors (Lipinski definition) is 1. The Hall–Kier alpha value is -1.34. The number of halogens is 1. The van der Waals surface area contributed by atoms with Gasteiger partial charge in [-0.1, -0.05) is 30.3 Å². The van der Waals surface area contributed by atoms with Crippen LogP contribution in [0, 0.1) is 0 Å². The third-order valence-electron chi connectivity index (χ3n) is 1.91. The quantitative estimate of drug-likeness (QED) is 0.626. The van der Waals surface area contributed by atoms with E-state index in [0.29, 0.717) is 5.15 Å². The summed E-state index contributed by atoms with van der Waals surface area (Å²) in [5.41, 5.74) is 2.01. The maximum atomic E-state index is 5.76. The van der Waals surface area contributed by atoms with Gasteiger partial charge in [0, 0.05) is 5.39 Å². The van der Waals surface area contributed by atoms with E-state index >= 15 is 0 Å². The van der Waals surface area contributed by atoms with Crippen molar-refractivity contribution in [3.05, 3.63) is 47.6 Å². The Morgan fingerprint density at radius 3 is 2.85 bits per heavy atom. The summed E-state index contributed by atoms with van der Waals surface area (Å²) in [5, 5.41) is 1.61. The molecule has 0 aliphatic heterocycles. The Balaban J connectivity index is 2.73. The average molecular weight is 190 g/mol. The van der Waals surface area contributed by atoms with E-state index in [9.17, 15) is 0 Å². The topological polar surface area (TPSA) is 12.9 Å². The number of pyridine rings is 1. The Morgan fingerprint density at radius 2 is 2.08 bits per heavy atom. The highest BCUT2D eigenvalue weighted by Crippen LogP contribution is 2.17. The van der Waals surface area contributed by atoms with Gasteiger partial charge in [-0.2, -0.15) is 0 Å². The molecule has 1 aromatic heterocycles. The van der Waals surface area contributed by atoms with Crippen LogP contribution in [0.25, 0.3) is 17.0 Å². The second-order valence-electron chi connectivity index (χ2n) is 2.79. The average Bonchev–Trinajstić information content (AvgIpc) is 2.17. The first-order valence-electron chi connectivity index (χ1n) is 3.98. The lowest BCUT2D eigenvalue weighted by Gasteiger charge is -1.98. The molecule has 1 aromatic carbocycles. The molecule has 0 radical (unpaired) electrons. The molecule has 0 fully saturated rings. The van der Waals surface area contributed by atoms with Crippen molar-refractivity contribution in [2.45, 2.75) is 0 Å². The van der Waals surface area contributed by atoms with Gasteiger partial charge in [0.1, 0.15) is 5.15 Å². The molecule has 0 saturated carbocycles. The largest absolute Gasteiger partial charge is 0.236 e. The maximum absolute atomic E-state index is 5.76. The summed E-state index contributed by atoms with van der Waals surface area (Å²) in [6, 6.07) is 9.69. The van der Waals surface area contributed by atoms with Gasteiger partial charge in [-0.3, -0.25) is 0 Å². The third kappa shape index (κ3) is 1.56. The van der Waals surface area contributed by atoms with Crippen molar-refractivity contribution >= 4 is 28.6 Å². The van der Waals surface area contributed by atoms with Crippen molar-refractivity contribution in [2.24, 2.45) is 0 Å². The van der Waals surface area contributed by atoms with E-state index in [1.807, 2.05) is 30.3 Å². The van der Waals surface area contributed by atoms with Crippen LogP contribution in [0.5, 0.6) is 0 Å². The molecule has 1 heterocycles. The molecule has 1 nitrogen and oxygen atoms in total. The van der Waals surface area contributed by atoms with Crippen molar-refractivity contribution in [2.75, 3.05) is 0 Å². The van der Waals surface area contributed by atoms with Gasteiger partial charge in [0.25, 0.3) is 0 Å². The fraction of sp³-hybridized carbons (Fsp3) is 0. The van der Waals surface area contributed by atoms with Crippen LogP contribution < -0.4 is 0 Å². The van der Waals surface area contributed by atoms with Gasteiger partial charge in [0.2, 0.25) is 0 Å². The minimum absolute atomic E-state index is 0.527. The third-order valence-corrected chi connectivity index (χ3v) is 2.13. The SMILES string of the molecule is C=Cc1ccc2nc(Cl)ccc2c1. The lowest BCUT2D eigenvalue weighted by atomic mass is 10.1. The van der Waals surface area contributed by atoms with Crippen LogP contribution in [0.2, 0.25) is 5.15 Å². The highest BCUT2D eigenvalue weighted by molar-refractivity contribution is 6.29. The summed E-state index contributed by atoms with van der Waals surface area (Å²) >= 11 is 5.76. The Kier molecular flexibility index (Phi) is 2.03. The first-order chi connectivity index (χ1) is 6.29. The molecule has 0 atom stereocenters. The molecule has 2 aromatic rings. The lowest BCUT2D eigenvalue weighted by molar-refractivity contribution is 1.41. The molecule has 2 rings (SSSR count). The number of fused-ring (bicyclic) bond motifs is 1. The van der Waals surface area contributed by atoms with E-state index in [4.69, 9.17) is 11.6 Å². The van der Waals surface area contributed by atoms with Crippen LogP contribution in [0.1, 0.15) is 5.56 Å². The molecule has 0 aliphatic rings. The van der Waals surface area contributed by atoms with E-state index in [0.717, 1.165) is 16.5 Å². The zero-order chi connectivity index (χ0) is 9.26. The first-order valence-corrected chi connectivity index (χ1v) is 4.36. The summed E-state index contributed by atoms with van der Waals surface area (Å²) in [6.07, 6.45) is 1.81. The van der Waals surface area contributed by atoms with Crippen LogP contribution in [0.3, 0.4) is 0 Å². The van der Waals surface area contributed by atoms with Crippen LogP contribution >= 0.6 is 11.6 Å². The first kappa shape index (κ1) is 8.27. The summed E-state index contributed by atoms with van der Waals surface area (Å²) in [7, 11) is 0. The van der Waals surface area contributed by atoms with Crippen molar-refractivity contribution in [1.82, 2.24) is 4.98 Å². The van der Waals surface area contributed by atoms with Gasteiger partial charge in [-0.05, 0) is 29.8 Å². The highest BCUT2D eigenvalue weighted by atomic mass is 35.5. The zero-order valence-corrected chi connectivity index (χ0v) is 7.75. The summed E-state index contributed by atoms with van der Waals surface area (Å²) in [5.74, 6) is 0. The maximum Gasteiger partial charge on any atom is 0.129 e. The number of hydrogen-bond donors (Lipinski definition) is 0. The number of aromatic nitrogens is 1. The van der Waals surface area contributed by atoms with Gasteiger partial charge in [0.15, 0.2) is 0 Å². The molecule has 0 N–H and O–H groups in total. The molecular weight excluding hydrogens is 182 g/mol. The summed E-state index contributed by atoms with van der Waals surface area (Å²) < 4.78 is 0. The molecule has 0 bridgehead atoms. The lowest BCUT2D eigenvalue weighted by Crippen LogP contribution is -1.80. The summed E-state index contributed by atoms with van der Waals surface area (Å²) in [4.78, 5) is 4.18. The van der Waals surface area contributed by atoms with Crippen LogP contribution in [0.15, 0.2) is 36.9 Å². The van der Waals surface area contributed by atoms with Gasteiger partial charge >= 0.3 is 0 Å². The predicted octanol–water partition coefficient (Wildman–Crippen LogP) is 3.53. The number of benzene rings is 1. The van der Waals surface area contributed by atoms with E-state index in [1.165, 1.54) is 0 Å². The zero-order valence-electron chi connectivity index (χ0n) is 7.00. The monoisotopic (exact) mass is 189 g/mol. The van der Waals surface area contributed by atoms with E-state index in [2.05, 4.69) is 11.6 Å². The van der Waals surface area contributed by atoms with Crippen molar-refractivity contribution in [1.29, 1.82) is 0 Å². The van der Waals surface area contributed by atoms with Crippen molar-refractivity contribution in [3.63, 3.8) is 0 Å². The molecule has 0 amide bonds. The Morgan fingerprint density at radius 1 is 1.23 bits per heavy atom. The van der Waals surface area contributed by atoms with E-state index < -0.39 is 0 Å². The fourth-order valence-corrected chi connectivity index (χ4v) is 1.40. The minimum Gasteiger partial charge on any atom is -0.236 e. The smallest absolute Gasteiger partial charge is 0.129 e. The van der Waals surface area contributed by atoms with Gasteiger partial charge in [-0.15, -0.1) is 0 Å². The van der Waals surface area contributed by atoms with E-state index in [-0.39, 0.29) is 0 Å². The second-order valence-corrected chi connectivity index (χ2v) is 3.18. The standard InChI is InChI=1S/C11H8ClN/c1-2-8-3-5-10-9(7-8)4-6-11(12)13-10/h2-7H,1H2. The van der Waals surface area contributed by atoms with Crippen LogP contribution in [-0.2, 0) is 0 Å². The van der Waals surface area contributed by atoms with Gasteiger partial charge < -0.3 is 0 Å². The predicted molar refractivity (Wildman–Crippen MR) is 56.8 cm³/mol. The highest BCUT2D eigenvalue weighted by Gasteiger charge is 1.95. The van der Waals surface area contributed by atoms with Crippen LogP contribution in [0.4, 0.5) is 0 Å². The van der Waals surface area contributed by atoms with Crippen LogP contribution in [-0.4, -0.2) is 4.98 Å². The second kappa shape index (κ2) is 3.19. The van der Waals surface area contributed by atoms with Crippen molar-refractivity contribution < 1.29 is 0 Å². The fourth-order valence-electron chi connectivity index (χ4n) is 1.25.